The van der Waals surface area contributed by atoms with E-state index >= 15 is 0 Å². The molecular weight excluding hydrogens is 592 g/mol. The van der Waals surface area contributed by atoms with Gasteiger partial charge in [-0.25, -0.2) is 0 Å². The number of unbranched alkanes of at least 4 members (excludes halogenated alkanes) is 2. The van der Waals surface area contributed by atoms with E-state index in [1.54, 1.807) is 0 Å². The number of carboxylic acid groups (broad SMARTS) is 1. The van der Waals surface area contributed by atoms with Gasteiger partial charge in [-0.2, -0.15) is 0 Å². The Balaban J connectivity index is 1.32. The molecule has 0 aromatic carbocycles. The average Bonchev–Trinajstić information content (AvgIpc) is 2.97. The van der Waals surface area contributed by atoms with Crippen LogP contribution in [0.2, 0.25) is 0 Å². The summed E-state index contributed by atoms with van der Waals surface area (Å²) in [6, 6.07) is -0.890. The normalized spacial score (nSPS) is 42.3. The first-order valence-corrected chi connectivity index (χ1v) is 18.6. The Morgan fingerprint density at radius 3 is 2.26 bits per heavy atom. The van der Waals surface area contributed by atoms with Crippen molar-refractivity contribution in [2.75, 3.05) is 6.54 Å². The number of hydrogen-bond donors (Lipinski definition) is 5. The number of nitrogens with one attached hydrogen (secondary N) is 2. The second-order valence-electron chi connectivity index (χ2n) is 18.6. The summed E-state index contributed by atoms with van der Waals surface area (Å²) in [5, 5.41) is 37.0. The number of carboxylic acids is 1. The van der Waals surface area contributed by atoms with Crippen LogP contribution in [0.5, 0.6) is 0 Å². The molecule has 0 aliphatic heterocycles. The lowest BCUT2D eigenvalue weighted by molar-refractivity contribution is -0.231. The highest BCUT2D eigenvalue weighted by Crippen LogP contribution is 2.75. The molecule has 4 fully saturated rings. The van der Waals surface area contributed by atoms with E-state index in [4.69, 9.17) is 5.11 Å². The lowest BCUT2D eigenvalue weighted by atomic mass is 9.33. The molecule has 0 aromatic rings. The third-order valence-corrected chi connectivity index (χ3v) is 15.1. The molecule has 8 heteroatoms. The van der Waals surface area contributed by atoms with Crippen molar-refractivity contribution >= 4 is 17.8 Å². The van der Waals surface area contributed by atoms with Crippen LogP contribution >= 0.6 is 0 Å². The molecule has 8 nitrogen and oxygen atoms in total. The van der Waals surface area contributed by atoms with Crippen LogP contribution < -0.4 is 10.6 Å². The molecule has 0 aromatic heterocycles. The van der Waals surface area contributed by atoms with Gasteiger partial charge in [0.05, 0.1) is 17.6 Å². The first kappa shape index (κ1) is 36.4. The Labute approximate surface area is 283 Å². The van der Waals surface area contributed by atoms with Gasteiger partial charge in [0.1, 0.15) is 6.04 Å². The van der Waals surface area contributed by atoms with E-state index < -0.39 is 29.6 Å². The van der Waals surface area contributed by atoms with E-state index in [-0.39, 0.29) is 51.2 Å². The molecule has 0 saturated heterocycles. The summed E-state index contributed by atoms with van der Waals surface area (Å²) < 4.78 is 0. The minimum atomic E-state index is -1.04. The Bertz CT molecular complexity index is 1280. The van der Waals surface area contributed by atoms with Crippen molar-refractivity contribution in [1.29, 1.82) is 0 Å². The topological polar surface area (TPSA) is 136 Å². The minimum absolute atomic E-state index is 0.0182. The van der Waals surface area contributed by atoms with Crippen LogP contribution in [0.15, 0.2) is 11.6 Å². The van der Waals surface area contributed by atoms with Gasteiger partial charge in [-0.3, -0.25) is 14.4 Å². The van der Waals surface area contributed by atoms with E-state index in [1.807, 2.05) is 0 Å². The molecule has 0 heterocycles. The Morgan fingerprint density at radius 2 is 1.57 bits per heavy atom. The summed E-state index contributed by atoms with van der Waals surface area (Å²) in [7, 11) is 0. The van der Waals surface area contributed by atoms with Crippen molar-refractivity contribution in [3.8, 4) is 0 Å². The number of rotatable bonds is 9. The number of carbonyl (C=O) groups excluding carboxylic acids is 2. The summed E-state index contributed by atoms with van der Waals surface area (Å²) in [6.07, 6.45) is 12.3. The fraction of sp³-hybridized carbons (Fsp3) is 0.872. The molecule has 2 amide bonds. The number of aliphatic hydroxyl groups excluding tert-OH is 2. The summed E-state index contributed by atoms with van der Waals surface area (Å²) in [6.45, 7) is 18.5. The molecule has 0 spiro atoms. The van der Waals surface area contributed by atoms with E-state index in [1.165, 1.54) is 12.5 Å². The van der Waals surface area contributed by atoms with Gasteiger partial charge in [-0.1, -0.05) is 66.5 Å². The quantitative estimate of drug-likeness (QED) is 0.144. The predicted octanol–water partition coefficient (Wildman–Crippen LogP) is 6.39. The van der Waals surface area contributed by atoms with Gasteiger partial charge >= 0.3 is 5.97 Å². The zero-order valence-electron chi connectivity index (χ0n) is 30.5. The van der Waals surface area contributed by atoms with Crippen LogP contribution in [0.4, 0.5) is 0 Å². The Kier molecular flexibility index (Phi) is 9.62. The molecule has 5 aliphatic carbocycles. The lowest BCUT2D eigenvalue weighted by Gasteiger charge is -2.71. The molecule has 4 saturated carbocycles. The van der Waals surface area contributed by atoms with E-state index in [0.29, 0.717) is 31.2 Å². The van der Waals surface area contributed by atoms with Crippen LogP contribution in [-0.2, 0) is 14.4 Å². The Morgan fingerprint density at radius 1 is 0.894 bits per heavy atom. The van der Waals surface area contributed by atoms with Gasteiger partial charge in [0, 0.05) is 13.0 Å². The number of hydrogen-bond acceptors (Lipinski definition) is 5. The van der Waals surface area contributed by atoms with Crippen molar-refractivity contribution < 1.29 is 29.7 Å². The van der Waals surface area contributed by atoms with Gasteiger partial charge < -0.3 is 26.0 Å². The summed E-state index contributed by atoms with van der Waals surface area (Å²) >= 11 is 0. The standard InChI is InChI=1S/C39H64N2O6/c1-24(32(45)46)41-30(43)12-10-9-11-21-40-33(47)39-19-17-34(2,3)22-26(39)25-13-14-29-36(6)23-27(42)31(44)35(4,5)28(36)15-16-38(29,8)37(25,7)18-20-39/h13,24,26-29,31,42,44H,9-12,14-23H2,1-8H3,(H,40,47)(H,41,43)(H,45,46)/t24-,26-,27+,28-,29+,31-,36-,37+,38+,39-/m0/s1. The Hall–Kier alpha value is -1.93. The average molecular weight is 657 g/mol. The monoisotopic (exact) mass is 656 g/mol. The van der Waals surface area contributed by atoms with E-state index in [9.17, 15) is 24.6 Å². The molecule has 10 atom stereocenters. The van der Waals surface area contributed by atoms with Gasteiger partial charge in [0.25, 0.3) is 0 Å². The van der Waals surface area contributed by atoms with E-state index in [2.05, 4.69) is 65.2 Å². The number of carbonyl (C=O) groups is 3. The summed E-state index contributed by atoms with van der Waals surface area (Å²) in [5.41, 5.74) is 0.927. The van der Waals surface area contributed by atoms with Crippen LogP contribution in [0, 0.1) is 50.2 Å². The number of allylic oxidation sites excluding steroid dienone is 2. The summed E-state index contributed by atoms with van der Waals surface area (Å²) in [5.74, 6) is -0.111. The molecule has 0 unspecified atom stereocenters. The van der Waals surface area contributed by atoms with Gasteiger partial charge in [0.15, 0.2) is 0 Å². The largest absolute Gasteiger partial charge is 0.480 e. The molecule has 5 rings (SSSR count). The highest BCUT2D eigenvalue weighted by Gasteiger charge is 2.69. The maximum Gasteiger partial charge on any atom is 0.325 e. The minimum Gasteiger partial charge on any atom is -0.480 e. The highest BCUT2D eigenvalue weighted by molar-refractivity contribution is 5.84. The molecule has 47 heavy (non-hydrogen) atoms. The molecule has 266 valence electrons. The fourth-order valence-corrected chi connectivity index (χ4v) is 12.1. The van der Waals surface area contributed by atoms with Crippen LogP contribution in [0.25, 0.3) is 0 Å². The van der Waals surface area contributed by atoms with Crippen LogP contribution in [0.1, 0.15) is 139 Å². The second kappa shape index (κ2) is 12.4. The second-order valence-corrected chi connectivity index (χ2v) is 18.6. The number of aliphatic hydroxyl groups is 2. The third-order valence-electron chi connectivity index (χ3n) is 15.1. The van der Waals surface area contributed by atoms with Crippen molar-refractivity contribution in [2.45, 2.75) is 157 Å². The summed E-state index contributed by atoms with van der Waals surface area (Å²) in [4.78, 5) is 37.3. The van der Waals surface area contributed by atoms with Gasteiger partial charge in [-0.05, 0) is 122 Å². The molecule has 5 aliphatic rings. The predicted molar refractivity (Wildman–Crippen MR) is 183 cm³/mol. The first-order valence-electron chi connectivity index (χ1n) is 18.6. The number of fused-ring (bicyclic) bond motifs is 7. The smallest absolute Gasteiger partial charge is 0.325 e. The number of amides is 2. The van der Waals surface area contributed by atoms with Crippen molar-refractivity contribution in [3.05, 3.63) is 11.6 Å². The first-order chi connectivity index (χ1) is 21.7. The molecule has 0 radical (unpaired) electrons. The zero-order chi connectivity index (χ0) is 34.8. The van der Waals surface area contributed by atoms with Crippen molar-refractivity contribution in [1.82, 2.24) is 10.6 Å². The van der Waals surface area contributed by atoms with Gasteiger partial charge in [0.2, 0.25) is 11.8 Å². The van der Waals surface area contributed by atoms with Crippen LogP contribution in [-0.4, -0.2) is 57.9 Å². The third kappa shape index (κ3) is 5.89. The highest BCUT2D eigenvalue weighted by atomic mass is 16.4. The zero-order valence-corrected chi connectivity index (χ0v) is 30.5. The maximum absolute atomic E-state index is 14.3. The van der Waals surface area contributed by atoms with Crippen molar-refractivity contribution in [2.24, 2.45) is 50.2 Å². The van der Waals surface area contributed by atoms with Crippen molar-refractivity contribution in [3.63, 3.8) is 0 Å². The SMILES string of the molecule is C[C@H](NC(=O)CCCCCNC(=O)[C@]12CCC(C)(C)C[C@H]1C1=CC[C@@H]3[C@@]4(C)C[C@@H](O)[C@H](O)C(C)(C)[C@@H]4CC[C@@]3(C)[C@]1(C)CC2)C(=O)O. The fourth-order valence-electron chi connectivity index (χ4n) is 12.1. The number of aliphatic carboxylic acids is 1. The van der Waals surface area contributed by atoms with E-state index in [0.717, 1.165) is 64.2 Å². The maximum atomic E-state index is 14.3. The lowest BCUT2D eigenvalue weighted by Crippen LogP contribution is -2.67. The molecule has 5 N–H and O–H groups in total. The van der Waals surface area contributed by atoms with Crippen LogP contribution in [0.3, 0.4) is 0 Å². The van der Waals surface area contributed by atoms with Gasteiger partial charge in [-0.15, -0.1) is 0 Å². The molecular formula is C39H64N2O6. The molecule has 0 bridgehead atoms.